The molecule has 1 aliphatic rings. The molecule has 4 unspecified atom stereocenters. The Morgan fingerprint density at radius 2 is 2.07 bits per heavy atom. The summed E-state index contributed by atoms with van der Waals surface area (Å²) in [4.78, 5) is 0. The van der Waals surface area contributed by atoms with Crippen LogP contribution < -0.4 is 5.32 Å². The number of nitrogens with one attached hydrogen (secondary N) is 1. The molecule has 1 fully saturated rings. The zero-order valence-corrected chi connectivity index (χ0v) is 9.79. The van der Waals surface area contributed by atoms with Gasteiger partial charge in [0.1, 0.15) is 0 Å². The molecule has 0 spiro atoms. The fourth-order valence-electron chi connectivity index (χ4n) is 2.20. The Morgan fingerprint density at radius 3 is 2.64 bits per heavy atom. The van der Waals surface area contributed by atoms with Gasteiger partial charge in [-0.25, -0.2) is 0 Å². The Hall–Kier alpha value is -0.0800. The molecule has 0 amide bonds. The number of aliphatic hydroxyl groups is 1. The van der Waals surface area contributed by atoms with Crippen LogP contribution in [-0.4, -0.2) is 23.3 Å². The summed E-state index contributed by atoms with van der Waals surface area (Å²) in [6, 6.07) is 1.12. The van der Waals surface area contributed by atoms with E-state index in [9.17, 15) is 5.11 Å². The molecular formula is C12H25NO. The van der Waals surface area contributed by atoms with E-state index in [4.69, 9.17) is 0 Å². The SMILES string of the molecule is CCC(C)C(C)NC1CCCC(O)C1. The van der Waals surface area contributed by atoms with Crippen LogP contribution in [0.4, 0.5) is 0 Å². The van der Waals surface area contributed by atoms with Crippen LogP contribution in [0.2, 0.25) is 0 Å². The second-order valence-electron chi connectivity index (χ2n) is 4.86. The van der Waals surface area contributed by atoms with Crippen molar-refractivity contribution in [2.75, 3.05) is 0 Å². The lowest BCUT2D eigenvalue weighted by Crippen LogP contribution is -2.43. The summed E-state index contributed by atoms with van der Waals surface area (Å²) >= 11 is 0. The smallest absolute Gasteiger partial charge is 0.0555 e. The zero-order valence-electron chi connectivity index (χ0n) is 9.79. The summed E-state index contributed by atoms with van der Waals surface area (Å²) in [6.07, 6.45) is 5.51. The summed E-state index contributed by atoms with van der Waals surface area (Å²) < 4.78 is 0. The van der Waals surface area contributed by atoms with Gasteiger partial charge in [-0.05, 0) is 38.5 Å². The van der Waals surface area contributed by atoms with Crippen LogP contribution in [0.25, 0.3) is 0 Å². The predicted octanol–water partition coefficient (Wildman–Crippen LogP) is 2.31. The van der Waals surface area contributed by atoms with Gasteiger partial charge in [0.2, 0.25) is 0 Å². The van der Waals surface area contributed by atoms with Crippen molar-refractivity contribution in [3.63, 3.8) is 0 Å². The van der Waals surface area contributed by atoms with Crippen molar-refractivity contribution in [2.45, 2.75) is 71.1 Å². The zero-order chi connectivity index (χ0) is 10.6. The Bertz CT molecular complexity index is 160. The summed E-state index contributed by atoms with van der Waals surface area (Å²) in [5.41, 5.74) is 0. The molecular weight excluding hydrogens is 174 g/mol. The average molecular weight is 199 g/mol. The maximum absolute atomic E-state index is 9.55. The highest BCUT2D eigenvalue weighted by Gasteiger charge is 2.22. The van der Waals surface area contributed by atoms with E-state index in [1.54, 1.807) is 0 Å². The van der Waals surface area contributed by atoms with Crippen molar-refractivity contribution < 1.29 is 5.11 Å². The summed E-state index contributed by atoms with van der Waals surface area (Å²) in [6.45, 7) is 6.78. The second kappa shape index (κ2) is 5.72. The molecule has 84 valence electrons. The predicted molar refractivity (Wildman–Crippen MR) is 60.3 cm³/mol. The first-order valence-electron chi connectivity index (χ1n) is 6.07. The van der Waals surface area contributed by atoms with Gasteiger partial charge < -0.3 is 10.4 Å². The van der Waals surface area contributed by atoms with E-state index in [0.717, 1.165) is 18.8 Å². The lowest BCUT2D eigenvalue weighted by atomic mass is 9.91. The standard InChI is InChI=1S/C12H25NO/c1-4-9(2)10(3)13-11-6-5-7-12(14)8-11/h9-14H,4-8H2,1-3H3. The van der Waals surface area contributed by atoms with Crippen molar-refractivity contribution in [1.82, 2.24) is 5.32 Å². The molecule has 2 nitrogen and oxygen atoms in total. The Balaban J connectivity index is 2.28. The van der Waals surface area contributed by atoms with Crippen LogP contribution in [-0.2, 0) is 0 Å². The van der Waals surface area contributed by atoms with Gasteiger partial charge in [-0.2, -0.15) is 0 Å². The summed E-state index contributed by atoms with van der Waals surface area (Å²) in [5, 5.41) is 13.2. The lowest BCUT2D eigenvalue weighted by Gasteiger charge is -2.31. The Labute approximate surface area is 88.1 Å². The third kappa shape index (κ3) is 3.58. The first-order valence-corrected chi connectivity index (χ1v) is 6.07. The van der Waals surface area contributed by atoms with Gasteiger partial charge in [-0.1, -0.05) is 20.3 Å². The third-order valence-corrected chi connectivity index (χ3v) is 3.64. The molecule has 0 saturated heterocycles. The van der Waals surface area contributed by atoms with Crippen LogP contribution in [0.15, 0.2) is 0 Å². The van der Waals surface area contributed by atoms with E-state index in [2.05, 4.69) is 26.1 Å². The van der Waals surface area contributed by atoms with Gasteiger partial charge in [-0.3, -0.25) is 0 Å². The van der Waals surface area contributed by atoms with Crippen LogP contribution in [0.5, 0.6) is 0 Å². The van der Waals surface area contributed by atoms with E-state index < -0.39 is 0 Å². The highest BCUT2D eigenvalue weighted by molar-refractivity contribution is 4.80. The number of aliphatic hydroxyl groups excluding tert-OH is 1. The molecule has 0 aromatic carbocycles. The topological polar surface area (TPSA) is 32.3 Å². The third-order valence-electron chi connectivity index (χ3n) is 3.64. The van der Waals surface area contributed by atoms with Crippen LogP contribution in [0, 0.1) is 5.92 Å². The molecule has 0 aromatic heterocycles. The minimum atomic E-state index is -0.0645. The number of rotatable bonds is 4. The maximum atomic E-state index is 9.55. The Kier molecular flexibility index (Phi) is 4.90. The van der Waals surface area contributed by atoms with Crippen molar-refractivity contribution >= 4 is 0 Å². The molecule has 1 rings (SSSR count). The van der Waals surface area contributed by atoms with E-state index in [0.29, 0.717) is 12.1 Å². The fraction of sp³-hybridized carbons (Fsp3) is 1.00. The monoisotopic (exact) mass is 199 g/mol. The van der Waals surface area contributed by atoms with Crippen LogP contribution >= 0.6 is 0 Å². The van der Waals surface area contributed by atoms with Crippen molar-refractivity contribution in [1.29, 1.82) is 0 Å². The van der Waals surface area contributed by atoms with E-state index >= 15 is 0 Å². The largest absolute Gasteiger partial charge is 0.393 e. The average Bonchev–Trinajstić information content (AvgIpc) is 2.16. The molecule has 2 heteroatoms. The Morgan fingerprint density at radius 1 is 1.36 bits per heavy atom. The first kappa shape index (κ1) is 12.0. The molecule has 0 aromatic rings. The first-order chi connectivity index (χ1) is 6.63. The van der Waals surface area contributed by atoms with E-state index in [-0.39, 0.29) is 6.10 Å². The molecule has 14 heavy (non-hydrogen) atoms. The van der Waals surface area contributed by atoms with Gasteiger partial charge in [-0.15, -0.1) is 0 Å². The van der Waals surface area contributed by atoms with E-state index in [1.165, 1.54) is 19.3 Å². The van der Waals surface area contributed by atoms with Gasteiger partial charge in [0.15, 0.2) is 0 Å². The lowest BCUT2D eigenvalue weighted by molar-refractivity contribution is 0.106. The minimum Gasteiger partial charge on any atom is -0.393 e. The number of hydrogen-bond acceptors (Lipinski definition) is 2. The highest BCUT2D eigenvalue weighted by atomic mass is 16.3. The molecule has 0 aliphatic heterocycles. The van der Waals surface area contributed by atoms with Gasteiger partial charge in [0.25, 0.3) is 0 Å². The van der Waals surface area contributed by atoms with E-state index in [1.807, 2.05) is 0 Å². The molecule has 1 aliphatic carbocycles. The molecule has 0 radical (unpaired) electrons. The normalized spacial score (nSPS) is 32.6. The molecule has 0 heterocycles. The van der Waals surface area contributed by atoms with Crippen molar-refractivity contribution in [3.8, 4) is 0 Å². The van der Waals surface area contributed by atoms with Crippen molar-refractivity contribution in [3.05, 3.63) is 0 Å². The quantitative estimate of drug-likeness (QED) is 0.728. The summed E-state index contributed by atoms with van der Waals surface area (Å²) in [7, 11) is 0. The van der Waals surface area contributed by atoms with Gasteiger partial charge in [0.05, 0.1) is 6.10 Å². The van der Waals surface area contributed by atoms with Crippen LogP contribution in [0.1, 0.15) is 52.9 Å². The van der Waals surface area contributed by atoms with Crippen molar-refractivity contribution in [2.24, 2.45) is 5.92 Å². The second-order valence-corrected chi connectivity index (χ2v) is 4.86. The molecule has 1 saturated carbocycles. The summed E-state index contributed by atoms with van der Waals surface area (Å²) in [5.74, 6) is 0.731. The molecule has 4 atom stereocenters. The van der Waals surface area contributed by atoms with Gasteiger partial charge >= 0.3 is 0 Å². The molecule has 0 bridgehead atoms. The highest BCUT2D eigenvalue weighted by Crippen LogP contribution is 2.20. The maximum Gasteiger partial charge on any atom is 0.0555 e. The van der Waals surface area contributed by atoms with Gasteiger partial charge in [0, 0.05) is 12.1 Å². The molecule has 2 N–H and O–H groups in total. The number of hydrogen-bond donors (Lipinski definition) is 2. The fourth-order valence-corrected chi connectivity index (χ4v) is 2.20. The van der Waals surface area contributed by atoms with Crippen LogP contribution in [0.3, 0.4) is 0 Å². The minimum absolute atomic E-state index is 0.0645.